The fraction of sp³-hybridized carbons (Fsp3) is 0.421. The molecule has 1 aromatic carbocycles. The summed E-state index contributed by atoms with van der Waals surface area (Å²) in [4.78, 5) is 18.5. The van der Waals surface area contributed by atoms with Gasteiger partial charge in [-0.2, -0.15) is 0 Å². The molecule has 150 valence electrons. The van der Waals surface area contributed by atoms with Gasteiger partial charge in [-0.05, 0) is 52.7 Å². The summed E-state index contributed by atoms with van der Waals surface area (Å²) in [7, 11) is -3.24. The molecular weight excluding hydrogens is 462 g/mol. The number of hydrogen-bond acceptors (Lipinski definition) is 5. The molecule has 2 aliphatic rings. The summed E-state index contributed by atoms with van der Waals surface area (Å²) in [5.41, 5.74) is 1.14. The number of hydrogen-bond donors (Lipinski definition) is 0. The van der Waals surface area contributed by atoms with Crippen LogP contribution in [0.25, 0.3) is 0 Å². The second-order valence-corrected chi connectivity index (χ2v) is 11.6. The first-order valence-corrected chi connectivity index (χ1v) is 12.5. The van der Waals surface area contributed by atoms with E-state index >= 15 is 0 Å². The van der Waals surface area contributed by atoms with Gasteiger partial charge >= 0.3 is 0 Å². The summed E-state index contributed by atoms with van der Waals surface area (Å²) >= 11 is 5.23. The SMILES string of the molecule is O=C(c1cccc(N2CCCS2(=O)=O)c1)N1CCN(Cc2ccc(Br)s2)CC1. The molecule has 28 heavy (non-hydrogen) atoms. The lowest BCUT2D eigenvalue weighted by molar-refractivity contribution is 0.0629. The summed E-state index contributed by atoms with van der Waals surface area (Å²) < 4.78 is 26.9. The van der Waals surface area contributed by atoms with Gasteiger partial charge in [0.05, 0.1) is 15.2 Å². The zero-order chi connectivity index (χ0) is 19.7. The monoisotopic (exact) mass is 483 g/mol. The van der Waals surface area contributed by atoms with E-state index in [4.69, 9.17) is 0 Å². The maximum absolute atomic E-state index is 12.9. The molecule has 0 N–H and O–H groups in total. The van der Waals surface area contributed by atoms with Gasteiger partial charge in [0.15, 0.2) is 0 Å². The molecule has 1 amide bonds. The number of anilines is 1. The third-order valence-electron chi connectivity index (χ3n) is 5.15. The number of thiophene rings is 1. The highest BCUT2D eigenvalue weighted by atomic mass is 79.9. The lowest BCUT2D eigenvalue weighted by Crippen LogP contribution is -2.48. The first kappa shape index (κ1) is 19.9. The Hall–Kier alpha value is -1.42. The normalized spacial score (nSPS) is 19.9. The summed E-state index contributed by atoms with van der Waals surface area (Å²) in [5.74, 6) is 0.144. The Bertz CT molecular complexity index is 968. The van der Waals surface area contributed by atoms with Crippen LogP contribution in [0, 0.1) is 0 Å². The van der Waals surface area contributed by atoms with Gasteiger partial charge in [0.1, 0.15) is 0 Å². The van der Waals surface area contributed by atoms with Crippen LogP contribution in [0.5, 0.6) is 0 Å². The number of carbonyl (C=O) groups is 1. The fourth-order valence-corrected chi connectivity index (χ4v) is 6.75. The van der Waals surface area contributed by atoms with Crippen LogP contribution in [0.3, 0.4) is 0 Å². The largest absolute Gasteiger partial charge is 0.336 e. The van der Waals surface area contributed by atoms with Crippen molar-refractivity contribution in [3.63, 3.8) is 0 Å². The average molecular weight is 484 g/mol. The van der Waals surface area contributed by atoms with E-state index in [1.165, 1.54) is 9.18 Å². The highest BCUT2D eigenvalue weighted by Crippen LogP contribution is 2.26. The van der Waals surface area contributed by atoms with Crippen LogP contribution in [0.15, 0.2) is 40.2 Å². The summed E-state index contributed by atoms with van der Waals surface area (Å²) in [5, 5.41) is 0. The van der Waals surface area contributed by atoms with E-state index in [-0.39, 0.29) is 11.7 Å². The zero-order valence-electron chi connectivity index (χ0n) is 15.4. The predicted molar refractivity (Wildman–Crippen MR) is 115 cm³/mol. The molecule has 2 saturated heterocycles. The Morgan fingerprint density at radius 2 is 1.86 bits per heavy atom. The first-order valence-electron chi connectivity index (χ1n) is 9.29. The Balaban J connectivity index is 1.39. The van der Waals surface area contributed by atoms with Crippen molar-refractivity contribution in [2.75, 3.05) is 42.8 Å². The summed E-state index contributed by atoms with van der Waals surface area (Å²) in [6.45, 7) is 4.41. The second-order valence-electron chi connectivity index (χ2n) is 7.07. The minimum absolute atomic E-state index is 0.0306. The summed E-state index contributed by atoms with van der Waals surface area (Å²) in [6, 6.07) is 11.2. The Morgan fingerprint density at radius 1 is 1.07 bits per heavy atom. The molecule has 9 heteroatoms. The topological polar surface area (TPSA) is 60.9 Å². The lowest BCUT2D eigenvalue weighted by atomic mass is 10.1. The minimum atomic E-state index is -3.24. The molecule has 0 aliphatic carbocycles. The third-order valence-corrected chi connectivity index (χ3v) is 8.63. The van der Waals surface area contributed by atoms with Crippen molar-refractivity contribution >= 4 is 48.9 Å². The number of rotatable bonds is 4. The molecular formula is C19H22BrN3O3S2. The highest BCUT2D eigenvalue weighted by Gasteiger charge is 2.29. The van der Waals surface area contributed by atoms with Gasteiger partial charge in [0, 0.05) is 49.7 Å². The molecule has 1 aromatic heterocycles. The molecule has 3 heterocycles. The smallest absolute Gasteiger partial charge is 0.254 e. The number of piperazine rings is 1. The quantitative estimate of drug-likeness (QED) is 0.670. The fourth-order valence-electron chi connectivity index (χ4n) is 3.67. The van der Waals surface area contributed by atoms with Crippen LogP contribution in [0.4, 0.5) is 5.69 Å². The molecule has 4 rings (SSSR count). The van der Waals surface area contributed by atoms with Crippen molar-refractivity contribution < 1.29 is 13.2 Å². The zero-order valence-corrected chi connectivity index (χ0v) is 18.6. The molecule has 0 saturated carbocycles. The summed E-state index contributed by atoms with van der Waals surface area (Å²) in [6.07, 6.45) is 0.628. The van der Waals surface area contributed by atoms with Gasteiger partial charge in [-0.3, -0.25) is 14.0 Å². The molecule has 0 radical (unpaired) electrons. The number of amides is 1. The Morgan fingerprint density at radius 3 is 2.50 bits per heavy atom. The van der Waals surface area contributed by atoms with Crippen molar-refractivity contribution in [3.8, 4) is 0 Å². The number of halogens is 1. The van der Waals surface area contributed by atoms with Crippen molar-refractivity contribution in [1.29, 1.82) is 0 Å². The van der Waals surface area contributed by atoms with E-state index in [0.29, 0.717) is 37.3 Å². The van der Waals surface area contributed by atoms with Gasteiger partial charge in [0.25, 0.3) is 5.91 Å². The van der Waals surface area contributed by atoms with Gasteiger partial charge in [-0.15, -0.1) is 11.3 Å². The van der Waals surface area contributed by atoms with Crippen molar-refractivity contribution in [3.05, 3.63) is 50.6 Å². The van der Waals surface area contributed by atoms with Crippen molar-refractivity contribution in [2.24, 2.45) is 0 Å². The van der Waals surface area contributed by atoms with Crippen LogP contribution in [0.2, 0.25) is 0 Å². The van der Waals surface area contributed by atoms with E-state index in [1.807, 2.05) is 4.90 Å². The molecule has 2 aromatic rings. The van der Waals surface area contributed by atoms with Gasteiger partial charge in [-0.1, -0.05) is 6.07 Å². The Labute approximate surface area is 177 Å². The molecule has 0 atom stereocenters. The van der Waals surface area contributed by atoms with Gasteiger partial charge in [0.2, 0.25) is 10.0 Å². The van der Waals surface area contributed by atoms with E-state index in [1.54, 1.807) is 35.6 Å². The van der Waals surface area contributed by atoms with Crippen LogP contribution < -0.4 is 4.31 Å². The number of sulfonamides is 1. The highest BCUT2D eigenvalue weighted by molar-refractivity contribution is 9.11. The van der Waals surface area contributed by atoms with Gasteiger partial charge in [-0.25, -0.2) is 8.42 Å². The van der Waals surface area contributed by atoms with Crippen LogP contribution >= 0.6 is 27.3 Å². The van der Waals surface area contributed by atoms with E-state index < -0.39 is 10.0 Å². The van der Waals surface area contributed by atoms with E-state index in [9.17, 15) is 13.2 Å². The lowest BCUT2D eigenvalue weighted by Gasteiger charge is -2.34. The molecule has 0 spiro atoms. The maximum Gasteiger partial charge on any atom is 0.254 e. The molecule has 2 fully saturated rings. The molecule has 0 unspecified atom stereocenters. The maximum atomic E-state index is 12.9. The second kappa shape index (κ2) is 8.14. The first-order chi connectivity index (χ1) is 13.4. The third kappa shape index (κ3) is 4.27. The van der Waals surface area contributed by atoms with Crippen LogP contribution in [-0.4, -0.2) is 62.6 Å². The molecule has 0 bridgehead atoms. The standard InChI is InChI=1S/C19H22BrN3O3S2/c20-18-6-5-17(27-18)14-21-8-10-22(11-9-21)19(24)15-3-1-4-16(13-15)23-7-2-12-28(23,25)26/h1,3-6,13H,2,7-12,14H2. The average Bonchev–Trinajstić information content (AvgIpc) is 3.26. The van der Waals surface area contributed by atoms with Crippen LogP contribution in [0.1, 0.15) is 21.7 Å². The Kier molecular flexibility index (Phi) is 5.78. The molecule has 6 nitrogen and oxygen atoms in total. The van der Waals surface area contributed by atoms with Crippen molar-refractivity contribution in [2.45, 2.75) is 13.0 Å². The van der Waals surface area contributed by atoms with E-state index in [2.05, 4.69) is 33.0 Å². The number of benzene rings is 1. The minimum Gasteiger partial charge on any atom is -0.336 e. The van der Waals surface area contributed by atoms with Crippen molar-refractivity contribution in [1.82, 2.24) is 9.80 Å². The number of nitrogens with zero attached hydrogens (tertiary/aromatic N) is 3. The molecule has 2 aliphatic heterocycles. The van der Waals surface area contributed by atoms with Crippen LogP contribution in [-0.2, 0) is 16.6 Å². The number of carbonyl (C=O) groups excluding carboxylic acids is 1. The van der Waals surface area contributed by atoms with E-state index in [0.717, 1.165) is 23.4 Å². The van der Waals surface area contributed by atoms with Gasteiger partial charge < -0.3 is 4.90 Å². The predicted octanol–water partition coefficient (Wildman–Crippen LogP) is 3.01.